The summed E-state index contributed by atoms with van der Waals surface area (Å²) in [7, 11) is 1.29. The van der Waals surface area contributed by atoms with E-state index < -0.39 is 11.6 Å². The van der Waals surface area contributed by atoms with E-state index in [9.17, 15) is 13.6 Å². The minimum absolute atomic E-state index is 0.0531. The molecule has 0 spiro atoms. The molecule has 0 saturated carbocycles. The van der Waals surface area contributed by atoms with Crippen LogP contribution in [-0.4, -0.2) is 12.9 Å². The fraction of sp³-hybridized carbons (Fsp3) is 0.300. The largest absolute Gasteiger partial charge is 0.494 e. The first-order valence-electron chi connectivity index (χ1n) is 4.06. The minimum atomic E-state index is -0.803. The van der Waals surface area contributed by atoms with E-state index in [0.717, 1.165) is 6.07 Å². The van der Waals surface area contributed by atoms with E-state index in [1.54, 1.807) is 0 Å². The molecule has 1 rings (SSSR count). The van der Waals surface area contributed by atoms with Gasteiger partial charge in [0.25, 0.3) is 0 Å². The summed E-state index contributed by atoms with van der Waals surface area (Å²) in [5.41, 5.74) is -0.239. The van der Waals surface area contributed by atoms with Crippen LogP contribution in [0.3, 0.4) is 0 Å². The summed E-state index contributed by atoms with van der Waals surface area (Å²) in [5.74, 6) is -1.88. The highest BCUT2D eigenvalue weighted by Gasteiger charge is 2.15. The quantitative estimate of drug-likeness (QED) is 0.746. The minimum Gasteiger partial charge on any atom is -0.494 e. The zero-order valence-electron chi connectivity index (χ0n) is 7.93. The third kappa shape index (κ3) is 2.07. The van der Waals surface area contributed by atoms with Crippen LogP contribution in [0.4, 0.5) is 8.78 Å². The molecule has 0 atom stereocenters. The number of rotatable bonds is 3. The molecule has 0 amide bonds. The van der Waals surface area contributed by atoms with E-state index in [1.807, 2.05) is 0 Å². The first kappa shape index (κ1) is 10.6. The maximum Gasteiger partial charge on any atom is 0.171 e. The van der Waals surface area contributed by atoms with Crippen molar-refractivity contribution in [3.05, 3.63) is 29.3 Å². The topological polar surface area (TPSA) is 26.3 Å². The monoisotopic (exact) mass is 200 g/mol. The average molecular weight is 200 g/mol. The predicted octanol–water partition coefficient (Wildman–Crippen LogP) is 2.10. The molecule has 4 heteroatoms. The molecule has 0 aromatic heterocycles. The summed E-state index contributed by atoms with van der Waals surface area (Å²) in [6.07, 6.45) is -0.255. The molecule has 14 heavy (non-hydrogen) atoms. The second-order valence-electron chi connectivity index (χ2n) is 2.92. The third-order valence-corrected chi connectivity index (χ3v) is 1.80. The van der Waals surface area contributed by atoms with Gasteiger partial charge in [0, 0.05) is 12.0 Å². The van der Waals surface area contributed by atoms with Crippen LogP contribution in [0.1, 0.15) is 12.5 Å². The summed E-state index contributed by atoms with van der Waals surface area (Å²) in [6, 6.07) is 2.27. The normalized spacial score (nSPS) is 10.0. The number of ether oxygens (including phenoxy) is 1. The zero-order chi connectivity index (χ0) is 10.7. The number of hydrogen-bond acceptors (Lipinski definition) is 2. The van der Waals surface area contributed by atoms with E-state index >= 15 is 0 Å². The highest BCUT2D eigenvalue weighted by Crippen LogP contribution is 2.23. The number of carbonyl (C=O) groups is 1. The maximum atomic E-state index is 13.4. The Morgan fingerprint density at radius 3 is 2.57 bits per heavy atom. The van der Waals surface area contributed by atoms with Gasteiger partial charge >= 0.3 is 0 Å². The molecule has 0 aliphatic carbocycles. The summed E-state index contributed by atoms with van der Waals surface area (Å²) in [4.78, 5) is 10.7. The summed E-state index contributed by atoms with van der Waals surface area (Å²) in [6.45, 7) is 1.28. The van der Waals surface area contributed by atoms with Gasteiger partial charge in [0.2, 0.25) is 0 Å². The summed E-state index contributed by atoms with van der Waals surface area (Å²) < 4.78 is 31.1. The van der Waals surface area contributed by atoms with Crippen molar-refractivity contribution < 1.29 is 18.3 Å². The lowest BCUT2D eigenvalue weighted by molar-refractivity contribution is -0.116. The number of methoxy groups -OCH3 is 1. The van der Waals surface area contributed by atoms with Crippen LogP contribution in [0.5, 0.6) is 5.75 Å². The Morgan fingerprint density at radius 1 is 1.43 bits per heavy atom. The summed E-state index contributed by atoms with van der Waals surface area (Å²) in [5, 5.41) is 0. The van der Waals surface area contributed by atoms with Crippen molar-refractivity contribution in [3.8, 4) is 5.75 Å². The van der Waals surface area contributed by atoms with Crippen LogP contribution in [0.25, 0.3) is 0 Å². The molecule has 0 radical (unpaired) electrons. The molecule has 0 aliphatic heterocycles. The van der Waals surface area contributed by atoms with E-state index in [0.29, 0.717) is 0 Å². The van der Waals surface area contributed by atoms with Crippen LogP contribution >= 0.6 is 0 Å². The SMILES string of the molecule is COc1ccc(F)c(CC(C)=O)c1F. The molecular weight excluding hydrogens is 190 g/mol. The molecule has 2 nitrogen and oxygen atoms in total. The number of ketones is 1. The van der Waals surface area contributed by atoms with Gasteiger partial charge in [-0.15, -0.1) is 0 Å². The van der Waals surface area contributed by atoms with Gasteiger partial charge in [0.05, 0.1) is 7.11 Å². The predicted molar refractivity (Wildman–Crippen MR) is 47.3 cm³/mol. The molecule has 0 bridgehead atoms. The van der Waals surface area contributed by atoms with Crippen molar-refractivity contribution in [1.29, 1.82) is 0 Å². The highest BCUT2D eigenvalue weighted by molar-refractivity contribution is 5.78. The maximum absolute atomic E-state index is 13.4. The fourth-order valence-electron chi connectivity index (χ4n) is 1.14. The molecule has 0 N–H and O–H groups in total. The van der Waals surface area contributed by atoms with Crippen LogP contribution in [0, 0.1) is 11.6 Å². The first-order chi connectivity index (χ1) is 6.56. The van der Waals surface area contributed by atoms with Gasteiger partial charge in [-0.05, 0) is 19.1 Å². The highest BCUT2D eigenvalue weighted by atomic mass is 19.1. The first-order valence-corrected chi connectivity index (χ1v) is 4.06. The molecular formula is C10H10F2O2. The van der Waals surface area contributed by atoms with Crippen molar-refractivity contribution in [2.24, 2.45) is 0 Å². The smallest absolute Gasteiger partial charge is 0.171 e. The van der Waals surface area contributed by atoms with Gasteiger partial charge in [0.15, 0.2) is 11.6 Å². The second-order valence-corrected chi connectivity index (χ2v) is 2.92. The molecule has 0 heterocycles. The van der Waals surface area contributed by atoms with E-state index in [4.69, 9.17) is 0 Å². The molecule has 0 aliphatic rings. The van der Waals surface area contributed by atoms with Crippen molar-refractivity contribution in [3.63, 3.8) is 0 Å². The van der Waals surface area contributed by atoms with E-state index in [-0.39, 0.29) is 23.5 Å². The number of hydrogen-bond donors (Lipinski definition) is 0. The van der Waals surface area contributed by atoms with E-state index in [2.05, 4.69) is 4.74 Å². The Balaban J connectivity index is 3.18. The zero-order valence-corrected chi connectivity index (χ0v) is 7.93. The Hall–Kier alpha value is -1.45. The number of Topliss-reactive ketones (excluding diaryl/α,β-unsaturated/α-hetero) is 1. The van der Waals surface area contributed by atoms with Crippen molar-refractivity contribution >= 4 is 5.78 Å². The Kier molecular flexibility index (Phi) is 3.17. The standard InChI is InChI=1S/C10H10F2O2/c1-6(13)5-7-8(11)3-4-9(14-2)10(7)12/h3-4H,5H2,1-2H3. The second kappa shape index (κ2) is 4.17. The lowest BCUT2D eigenvalue weighted by Gasteiger charge is -2.06. The van der Waals surface area contributed by atoms with Gasteiger partial charge < -0.3 is 4.74 Å². The van der Waals surface area contributed by atoms with Gasteiger partial charge in [0.1, 0.15) is 11.6 Å². The van der Waals surface area contributed by atoms with Crippen molar-refractivity contribution in [1.82, 2.24) is 0 Å². The van der Waals surface area contributed by atoms with Crippen LogP contribution in [0.2, 0.25) is 0 Å². The molecule has 1 aromatic rings. The van der Waals surface area contributed by atoms with Crippen LogP contribution in [-0.2, 0) is 11.2 Å². The number of halogens is 2. The fourth-order valence-corrected chi connectivity index (χ4v) is 1.14. The average Bonchev–Trinajstić information content (AvgIpc) is 2.12. The number of carbonyl (C=O) groups excluding carboxylic acids is 1. The lowest BCUT2D eigenvalue weighted by atomic mass is 10.1. The molecule has 0 saturated heterocycles. The molecule has 0 fully saturated rings. The third-order valence-electron chi connectivity index (χ3n) is 1.80. The lowest BCUT2D eigenvalue weighted by Crippen LogP contribution is -2.04. The Labute approximate surface area is 80.5 Å². The van der Waals surface area contributed by atoms with Gasteiger partial charge in [-0.1, -0.05) is 0 Å². The van der Waals surface area contributed by atoms with Gasteiger partial charge in [-0.3, -0.25) is 4.79 Å². The Bertz CT molecular complexity index is 361. The van der Waals surface area contributed by atoms with Crippen molar-refractivity contribution in [2.45, 2.75) is 13.3 Å². The molecule has 0 unspecified atom stereocenters. The summed E-state index contributed by atoms with van der Waals surface area (Å²) >= 11 is 0. The van der Waals surface area contributed by atoms with Crippen LogP contribution in [0.15, 0.2) is 12.1 Å². The van der Waals surface area contributed by atoms with Gasteiger partial charge in [-0.25, -0.2) is 8.78 Å². The van der Waals surface area contributed by atoms with Crippen molar-refractivity contribution in [2.75, 3.05) is 7.11 Å². The number of benzene rings is 1. The van der Waals surface area contributed by atoms with E-state index in [1.165, 1.54) is 20.1 Å². The molecule has 1 aromatic carbocycles. The molecule has 76 valence electrons. The van der Waals surface area contributed by atoms with Gasteiger partial charge in [-0.2, -0.15) is 0 Å². The van der Waals surface area contributed by atoms with Crippen LogP contribution < -0.4 is 4.74 Å². The Morgan fingerprint density at radius 2 is 2.07 bits per heavy atom.